The number of primary amides is 1. The van der Waals surface area contributed by atoms with Crippen molar-refractivity contribution < 1.29 is 18.0 Å². The van der Waals surface area contributed by atoms with E-state index in [2.05, 4.69) is 25.7 Å². The molecule has 11 heteroatoms. The lowest BCUT2D eigenvalue weighted by molar-refractivity contribution is -0.137. The average molecular weight is 371 g/mol. The van der Waals surface area contributed by atoms with E-state index in [1.54, 1.807) is 20.8 Å². The van der Waals surface area contributed by atoms with Gasteiger partial charge in [0, 0.05) is 13.2 Å². The molecule has 0 aliphatic rings. The SMILES string of the molecule is CCC(C)(C(N)=O)n1ncc(Nc2ncc(C(F)(F)F)c(NC)n2)c1C. The van der Waals surface area contributed by atoms with Gasteiger partial charge in [-0.05, 0) is 20.3 Å². The minimum absolute atomic E-state index is 0.0396. The zero-order chi connectivity index (χ0) is 19.7. The van der Waals surface area contributed by atoms with E-state index in [1.165, 1.54) is 17.9 Å². The molecule has 0 aliphatic carbocycles. The summed E-state index contributed by atoms with van der Waals surface area (Å²) in [4.78, 5) is 19.3. The average Bonchev–Trinajstić information content (AvgIpc) is 2.94. The molecule has 4 N–H and O–H groups in total. The zero-order valence-corrected chi connectivity index (χ0v) is 14.8. The van der Waals surface area contributed by atoms with Crippen molar-refractivity contribution in [3.05, 3.63) is 23.7 Å². The van der Waals surface area contributed by atoms with Crippen LogP contribution in [0.5, 0.6) is 0 Å². The van der Waals surface area contributed by atoms with Crippen molar-refractivity contribution in [3.8, 4) is 0 Å². The van der Waals surface area contributed by atoms with E-state index in [0.717, 1.165) is 0 Å². The largest absolute Gasteiger partial charge is 0.421 e. The molecule has 2 rings (SSSR count). The van der Waals surface area contributed by atoms with Gasteiger partial charge in [0.2, 0.25) is 11.9 Å². The zero-order valence-electron chi connectivity index (χ0n) is 14.8. The summed E-state index contributed by atoms with van der Waals surface area (Å²) in [6.07, 6.45) is -2.01. The van der Waals surface area contributed by atoms with Crippen molar-refractivity contribution in [2.45, 2.75) is 38.9 Å². The number of hydrogen-bond acceptors (Lipinski definition) is 6. The molecule has 2 aromatic heterocycles. The molecule has 0 saturated heterocycles. The lowest BCUT2D eigenvalue weighted by Gasteiger charge is -2.26. The number of amides is 1. The minimum Gasteiger partial charge on any atom is -0.372 e. The van der Waals surface area contributed by atoms with Gasteiger partial charge in [0.05, 0.1) is 17.6 Å². The number of aromatic nitrogens is 4. The van der Waals surface area contributed by atoms with Crippen LogP contribution in [0.3, 0.4) is 0 Å². The first-order valence-electron chi connectivity index (χ1n) is 7.78. The summed E-state index contributed by atoms with van der Waals surface area (Å²) < 4.78 is 40.2. The first-order chi connectivity index (χ1) is 12.0. The molecule has 1 unspecified atom stereocenters. The maximum absolute atomic E-state index is 12.9. The number of hydrogen-bond donors (Lipinski definition) is 3. The number of carbonyl (C=O) groups excluding carboxylic acids is 1. The first-order valence-corrected chi connectivity index (χ1v) is 7.78. The van der Waals surface area contributed by atoms with Crippen molar-refractivity contribution in [2.24, 2.45) is 5.73 Å². The van der Waals surface area contributed by atoms with E-state index >= 15 is 0 Å². The summed E-state index contributed by atoms with van der Waals surface area (Å²) in [6, 6.07) is 0. The third-order valence-electron chi connectivity index (χ3n) is 4.27. The molecule has 1 atom stereocenters. The molecule has 0 saturated carbocycles. The second-order valence-corrected chi connectivity index (χ2v) is 5.88. The highest BCUT2D eigenvalue weighted by molar-refractivity contribution is 5.82. The predicted molar refractivity (Wildman–Crippen MR) is 90.0 cm³/mol. The van der Waals surface area contributed by atoms with Crippen molar-refractivity contribution in [1.82, 2.24) is 19.7 Å². The predicted octanol–water partition coefficient (Wildman–Crippen LogP) is 2.40. The van der Waals surface area contributed by atoms with E-state index in [4.69, 9.17) is 5.73 Å². The van der Waals surface area contributed by atoms with Crippen LogP contribution in [0.25, 0.3) is 0 Å². The van der Waals surface area contributed by atoms with E-state index in [1.807, 2.05) is 0 Å². The van der Waals surface area contributed by atoms with Crippen molar-refractivity contribution in [3.63, 3.8) is 0 Å². The first kappa shape index (κ1) is 19.5. The van der Waals surface area contributed by atoms with E-state index in [9.17, 15) is 18.0 Å². The van der Waals surface area contributed by atoms with Gasteiger partial charge in [-0.1, -0.05) is 6.92 Å². The van der Waals surface area contributed by atoms with Gasteiger partial charge in [-0.15, -0.1) is 0 Å². The molecule has 2 heterocycles. The summed E-state index contributed by atoms with van der Waals surface area (Å²) in [6.45, 7) is 5.17. The van der Waals surface area contributed by atoms with Gasteiger partial charge in [-0.2, -0.15) is 23.3 Å². The molecule has 142 valence electrons. The van der Waals surface area contributed by atoms with Gasteiger partial charge in [0.15, 0.2) is 0 Å². The summed E-state index contributed by atoms with van der Waals surface area (Å²) in [7, 11) is 1.34. The maximum Gasteiger partial charge on any atom is 0.421 e. The molecule has 0 aromatic carbocycles. The van der Waals surface area contributed by atoms with Crippen molar-refractivity contribution in [1.29, 1.82) is 0 Å². The third-order valence-corrected chi connectivity index (χ3v) is 4.27. The van der Waals surface area contributed by atoms with Gasteiger partial charge in [-0.3, -0.25) is 9.48 Å². The highest BCUT2D eigenvalue weighted by Gasteiger charge is 2.36. The molecule has 0 spiro atoms. The standard InChI is InChI=1S/C15H20F3N7O/c1-5-14(3,12(19)26)25-8(2)10(7-22-25)23-13-21-6-9(15(16,17)18)11(20-4)24-13/h6-7H,5H2,1-4H3,(H2,19,26)(H2,20,21,23,24). The van der Waals surface area contributed by atoms with Gasteiger partial charge in [-0.25, -0.2) is 4.98 Å². The number of halogens is 3. The highest BCUT2D eigenvalue weighted by atomic mass is 19.4. The molecule has 1 amide bonds. The molecular formula is C15H20F3N7O. The summed E-state index contributed by atoms with van der Waals surface area (Å²) in [5, 5.41) is 9.40. The molecule has 2 aromatic rings. The Morgan fingerprint density at radius 3 is 2.50 bits per heavy atom. The third kappa shape index (κ3) is 3.41. The Bertz CT molecular complexity index is 818. The Morgan fingerprint density at radius 1 is 1.35 bits per heavy atom. The monoisotopic (exact) mass is 371 g/mol. The molecule has 0 aliphatic heterocycles. The van der Waals surface area contributed by atoms with E-state index < -0.39 is 23.2 Å². The fraction of sp³-hybridized carbons (Fsp3) is 0.467. The van der Waals surface area contributed by atoms with Crippen LogP contribution in [0, 0.1) is 6.92 Å². The Hall–Kier alpha value is -2.85. The minimum atomic E-state index is -4.57. The number of nitrogens with zero attached hydrogens (tertiary/aromatic N) is 4. The summed E-state index contributed by atoms with van der Waals surface area (Å²) in [5.41, 5.74) is 4.51. The molecule has 0 fully saturated rings. The van der Waals surface area contributed by atoms with Gasteiger partial charge >= 0.3 is 6.18 Å². The van der Waals surface area contributed by atoms with Gasteiger partial charge in [0.1, 0.15) is 16.9 Å². The Balaban J connectivity index is 2.38. The molecule has 0 radical (unpaired) electrons. The lowest BCUT2D eigenvalue weighted by atomic mass is 9.98. The Morgan fingerprint density at radius 2 is 2.00 bits per heavy atom. The maximum atomic E-state index is 12.9. The van der Waals surface area contributed by atoms with Crippen molar-refractivity contribution in [2.75, 3.05) is 17.7 Å². The van der Waals surface area contributed by atoms with Crippen LogP contribution in [0.15, 0.2) is 12.4 Å². The Labute approximate surface area is 148 Å². The van der Waals surface area contributed by atoms with Crippen molar-refractivity contribution >= 4 is 23.4 Å². The topological polar surface area (TPSA) is 111 Å². The molecular weight excluding hydrogens is 351 g/mol. The van der Waals surface area contributed by atoms with Crippen LogP contribution in [-0.4, -0.2) is 32.7 Å². The van der Waals surface area contributed by atoms with E-state index in [-0.39, 0.29) is 11.8 Å². The van der Waals surface area contributed by atoms with Crippen LogP contribution < -0.4 is 16.4 Å². The number of nitrogens with two attached hydrogens (primary N) is 1. The quantitative estimate of drug-likeness (QED) is 0.719. The highest BCUT2D eigenvalue weighted by Crippen LogP contribution is 2.34. The number of carbonyl (C=O) groups is 1. The fourth-order valence-corrected chi connectivity index (χ4v) is 2.42. The van der Waals surface area contributed by atoms with Gasteiger partial charge in [0.25, 0.3) is 0 Å². The Kier molecular flexibility index (Phi) is 5.10. The number of alkyl halides is 3. The second kappa shape index (κ2) is 6.81. The molecule has 26 heavy (non-hydrogen) atoms. The number of nitrogens with one attached hydrogen (secondary N) is 2. The smallest absolute Gasteiger partial charge is 0.372 e. The van der Waals surface area contributed by atoms with Crippen LogP contribution >= 0.6 is 0 Å². The van der Waals surface area contributed by atoms with Crippen LogP contribution in [0.4, 0.5) is 30.6 Å². The second-order valence-electron chi connectivity index (χ2n) is 5.88. The summed E-state index contributed by atoms with van der Waals surface area (Å²) in [5.74, 6) is -0.932. The lowest BCUT2D eigenvalue weighted by Crippen LogP contribution is -2.44. The van der Waals surface area contributed by atoms with Gasteiger partial charge < -0.3 is 16.4 Å². The molecule has 0 bridgehead atoms. The number of anilines is 3. The van der Waals surface area contributed by atoms with Crippen LogP contribution in [-0.2, 0) is 16.5 Å². The van der Waals surface area contributed by atoms with Crippen LogP contribution in [0.1, 0.15) is 31.5 Å². The summed E-state index contributed by atoms with van der Waals surface area (Å²) >= 11 is 0. The van der Waals surface area contributed by atoms with E-state index in [0.29, 0.717) is 24.0 Å². The molecule has 8 nitrogen and oxygen atoms in total. The normalized spacial score (nSPS) is 14.0. The number of rotatable bonds is 6. The fourth-order valence-electron chi connectivity index (χ4n) is 2.42. The van der Waals surface area contributed by atoms with Crippen LogP contribution in [0.2, 0.25) is 0 Å².